The van der Waals surface area contributed by atoms with Gasteiger partial charge in [-0.15, -0.1) is 0 Å². The normalized spacial score (nSPS) is 13.2. The minimum Gasteiger partial charge on any atom is -0.0622 e. The van der Waals surface area contributed by atoms with Crippen molar-refractivity contribution in [1.82, 2.24) is 0 Å². The molecular weight excluding hydrogens is 1150 g/mol. The van der Waals surface area contributed by atoms with Crippen LogP contribution in [0.15, 0.2) is 297 Å². The smallest absolute Gasteiger partial charge is 0.000421 e. The van der Waals surface area contributed by atoms with Gasteiger partial charge in [0.25, 0.3) is 0 Å². The molecule has 0 saturated heterocycles. The lowest BCUT2D eigenvalue weighted by Gasteiger charge is -2.11. The molecule has 0 heteroatoms. The van der Waals surface area contributed by atoms with E-state index < -0.39 is 0 Å². The van der Waals surface area contributed by atoms with Crippen LogP contribution in [0.2, 0.25) is 0 Å². The summed E-state index contributed by atoms with van der Waals surface area (Å²) in [5, 5.41) is 10.9. The van der Waals surface area contributed by atoms with Crippen molar-refractivity contribution in [3.63, 3.8) is 0 Å². The van der Waals surface area contributed by atoms with Gasteiger partial charge in [-0.3, -0.25) is 0 Å². The third kappa shape index (κ3) is 8.82. The second-order valence-electron chi connectivity index (χ2n) is 27.6. The first-order valence-corrected chi connectivity index (χ1v) is 34.4. The molecular formula is C96H66. The van der Waals surface area contributed by atoms with Crippen LogP contribution in [0.5, 0.6) is 0 Å². The highest BCUT2D eigenvalue weighted by atomic mass is 14.3. The summed E-state index contributed by atoms with van der Waals surface area (Å²) >= 11 is 0. The number of benzene rings is 16. The van der Waals surface area contributed by atoms with Gasteiger partial charge in [-0.05, 0) is 304 Å². The van der Waals surface area contributed by atoms with Crippen LogP contribution >= 0.6 is 0 Å². The molecule has 0 aromatic heterocycles. The van der Waals surface area contributed by atoms with Crippen molar-refractivity contribution in [1.29, 1.82) is 0 Å². The molecule has 7 aliphatic carbocycles. The Morgan fingerprint density at radius 2 is 0.469 bits per heavy atom. The lowest BCUT2D eigenvalue weighted by Crippen LogP contribution is -1.91. The summed E-state index contributed by atoms with van der Waals surface area (Å²) in [6.07, 6.45) is 7.46. The van der Waals surface area contributed by atoms with Gasteiger partial charge in [0, 0.05) is 0 Å². The van der Waals surface area contributed by atoms with Crippen LogP contribution in [0.25, 0.3) is 132 Å². The van der Waals surface area contributed by atoms with Crippen LogP contribution in [0, 0.1) is 6.92 Å². The van der Waals surface area contributed by atoms with E-state index in [1.54, 1.807) is 11.1 Å². The topological polar surface area (TPSA) is 0 Å². The molecule has 0 bridgehead atoms. The molecule has 0 N–H and O–H groups in total. The van der Waals surface area contributed by atoms with E-state index in [9.17, 15) is 0 Å². The molecule has 0 heterocycles. The molecule has 16 aromatic carbocycles. The van der Waals surface area contributed by atoms with E-state index in [1.165, 1.54) is 204 Å². The Morgan fingerprint density at radius 3 is 1.04 bits per heavy atom. The third-order valence-corrected chi connectivity index (χ3v) is 22.5. The molecule has 0 unspecified atom stereocenters. The van der Waals surface area contributed by atoms with Crippen LogP contribution in [-0.4, -0.2) is 0 Å². The fourth-order valence-electron chi connectivity index (χ4n) is 17.8. The highest BCUT2D eigenvalue weighted by Crippen LogP contribution is 2.51. The molecule has 0 fully saturated rings. The van der Waals surface area contributed by atoms with Gasteiger partial charge in [-0.1, -0.05) is 261 Å². The van der Waals surface area contributed by atoms with Gasteiger partial charge in [0.15, 0.2) is 0 Å². The zero-order valence-corrected chi connectivity index (χ0v) is 53.7. The quantitative estimate of drug-likeness (QED) is 0.154. The van der Waals surface area contributed by atoms with Gasteiger partial charge in [0.05, 0.1) is 0 Å². The van der Waals surface area contributed by atoms with Crippen molar-refractivity contribution in [2.45, 2.75) is 51.9 Å². The summed E-state index contributed by atoms with van der Waals surface area (Å²) in [5.41, 5.74) is 45.0. The maximum Gasteiger partial charge on any atom is -0.000421 e. The van der Waals surface area contributed by atoms with Crippen molar-refractivity contribution < 1.29 is 0 Å². The maximum atomic E-state index is 2.45. The third-order valence-electron chi connectivity index (χ3n) is 22.5. The monoisotopic (exact) mass is 1220 g/mol. The summed E-state index contributed by atoms with van der Waals surface area (Å²) in [5.74, 6) is 0. The van der Waals surface area contributed by atoms with Crippen molar-refractivity contribution in [2.24, 2.45) is 0 Å². The molecule has 0 atom stereocenters. The van der Waals surface area contributed by atoms with Crippen molar-refractivity contribution in [3.8, 4) is 89.0 Å². The predicted octanol–water partition coefficient (Wildman–Crippen LogP) is 24.3. The fraction of sp³-hybridized carbons (Fsp3) is 0.0833. The molecule has 0 radical (unpaired) electrons. The van der Waals surface area contributed by atoms with Gasteiger partial charge in [-0.2, -0.15) is 0 Å². The molecule has 96 heavy (non-hydrogen) atoms. The van der Waals surface area contributed by atoms with Crippen LogP contribution < -0.4 is 0 Å². The first-order chi connectivity index (χ1) is 47.5. The van der Waals surface area contributed by atoms with Crippen LogP contribution in [0.3, 0.4) is 0 Å². The van der Waals surface area contributed by atoms with E-state index in [1.807, 2.05) is 0 Å². The molecule has 16 aromatic rings. The zero-order valence-electron chi connectivity index (χ0n) is 53.7. The maximum absolute atomic E-state index is 2.45. The van der Waals surface area contributed by atoms with Crippen LogP contribution in [0.4, 0.5) is 0 Å². The Morgan fingerprint density at radius 1 is 0.167 bits per heavy atom. The Labute approximate surface area is 561 Å². The van der Waals surface area contributed by atoms with Crippen LogP contribution in [0.1, 0.15) is 83.5 Å². The molecule has 0 amide bonds. The fourth-order valence-corrected chi connectivity index (χ4v) is 17.8. The van der Waals surface area contributed by atoms with Gasteiger partial charge in [0.1, 0.15) is 0 Å². The minimum atomic E-state index is 1.04. The number of hydrogen-bond acceptors (Lipinski definition) is 0. The van der Waals surface area contributed by atoms with E-state index in [4.69, 9.17) is 0 Å². The highest BCUT2D eigenvalue weighted by Gasteiger charge is 2.31. The molecule has 450 valence electrons. The lowest BCUT2D eigenvalue weighted by atomic mass is 9.93. The summed E-state index contributed by atoms with van der Waals surface area (Å²) in [6.45, 7) is 2.27. The Kier molecular flexibility index (Phi) is 12.5. The van der Waals surface area contributed by atoms with E-state index >= 15 is 0 Å². The molecule has 0 nitrogen and oxygen atoms in total. The second-order valence-corrected chi connectivity index (χ2v) is 27.6. The lowest BCUT2D eigenvalue weighted by molar-refractivity contribution is 1.17. The Hall–Kier alpha value is -11.4. The van der Waals surface area contributed by atoms with E-state index in [2.05, 4.69) is 304 Å². The van der Waals surface area contributed by atoms with Crippen molar-refractivity contribution in [2.75, 3.05) is 0 Å². The van der Waals surface area contributed by atoms with E-state index in [-0.39, 0.29) is 0 Å². The average Bonchev–Trinajstić information content (AvgIpc) is 1.60. The molecule has 23 rings (SSSR count). The van der Waals surface area contributed by atoms with Gasteiger partial charge in [-0.25, -0.2) is 0 Å². The summed E-state index contributed by atoms with van der Waals surface area (Å²) in [6, 6.07) is 110. The van der Waals surface area contributed by atoms with E-state index in [0.29, 0.717) is 0 Å². The largest absolute Gasteiger partial charge is 0.0622 e. The van der Waals surface area contributed by atoms with Crippen LogP contribution in [-0.2, 0) is 44.9 Å². The number of fused-ring (bicyclic) bond motifs is 28. The highest BCUT2D eigenvalue weighted by molar-refractivity contribution is 6.00. The summed E-state index contributed by atoms with van der Waals surface area (Å²) < 4.78 is 0. The van der Waals surface area contributed by atoms with E-state index in [0.717, 1.165) is 44.9 Å². The first kappa shape index (κ1) is 55.1. The summed E-state index contributed by atoms with van der Waals surface area (Å²) in [4.78, 5) is 0. The standard InChI is InChI=1S/3C24H16.C24H18/c1-3-7-19-15(5-1)9-10-21-23-12-17-11-16-6-2-4-8-20(16)22(17)13-18(23)14-24(19)21;1-3-7-17-15(5-1)9-10-20-21-12-11-19-18-8-4-2-6-16(18)13-22(19)24(21)14-23(17)20;1-2-6-16-12-23-18(9-15(16)5-1)11-20-13-22-19(14-24(20)23)10-17-7-3-4-8-21(17)22;1-16-21(17-7-3-2-4-8-17)11-12-22-23(16)15-20-13-18-9-5-6-10-19(18)14-24(20)22/h1-10,12-13H,11,14H2;1-12H,13-14H2;1-9,12-14H,10-11H2;2-14H,15H2,1H3. The Balaban J connectivity index is 0.0000000875. The number of hydrogen-bond donors (Lipinski definition) is 0. The molecule has 0 aliphatic heterocycles. The first-order valence-electron chi connectivity index (χ1n) is 34.4. The predicted molar refractivity (Wildman–Crippen MR) is 404 cm³/mol. The van der Waals surface area contributed by atoms with Crippen molar-refractivity contribution >= 4 is 43.1 Å². The molecule has 0 saturated carbocycles. The zero-order chi connectivity index (χ0) is 63.1. The van der Waals surface area contributed by atoms with Gasteiger partial charge < -0.3 is 0 Å². The Bertz CT molecular complexity index is 5940. The molecule has 7 aliphatic rings. The SMILES string of the molecule is Cc1c(-c2ccccc2)ccc2c1Cc1cc3ccccc3cc1-2.c1ccc2c(c1)Cc1c-2ccc2c1Cc1c-2ccc2ccccc12.c1ccc2c(c1)Cc1cc3c(cc1-2)Cc1c-3ccc2ccccc12.c1ccc2c(c1)Cc1cc3c(cc1-2)Cc1cc2ccccc2cc1-3. The molecule has 0 spiro atoms. The van der Waals surface area contributed by atoms with Gasteiger partial charge >= 0.3 is 0 Å². The summed E-state index contributed by atoms with van der Waals surface area (Å²) in [7, 11) is 0. The average molecular weight is 1220 g/mol. The van der Waals surface area contributed by atoms with Crippen molar-refractivity contribution in [3.05, 3.63) is 381 Å². The minimum absolute atomic E-state index is 1.04. The number of rotatable bonds is 1. The second kappa shape index (κ2) is 21.8. The van der Waals surface area contributed by atoms with Gasteiger partial charge in [0.2, 0.25) is 0 Å².